The van der Waals surface area contributed by atoms with E-state index in [1.54, 1.807) is 0 Å². The van der Waals surface area contributed by atoms with Crippen molar-refractivity contribution in [2.45, 2.75) is 32.6 Å². The van der Waals surface area contributed by atoms with E-state index >= 15 is 0 Å². The molecule has 0 spiro atoms. The van der Waals surface area contributed by atoms with Crippen molar-refractivity contribution in [1.82, 2.24) is 10.3 Å². The molecule has 142 valence electrons. The monoisotopic (exact) mass is 384 g/mol. The number of carbonyl (C=O) groups excluding carboxylic acids is 2. The smallest absolute Gasteiger partial charge is 0.233 e. The summed E-state index contributed by atoms with van der Waals surface area (Å²) in [4.78, 5) is 28.8. The molecule has 1 saturated carbocycles. The summed E-state index contributed by atoms with van der Waals surface area (Å²) < 4.78 is 0. The van der Waals surface area contributed by atoms with Crippen LogP contribution in [0.2, 0.25) is 0 Å². The van der Waals surface area contributed by atoms with Crippen molar-refractivity contribution in [3.63, 3.8) is 0 Å². The Bertz CT molecular complexity index is 848. The van der Waals surface area contributed by atoms with Gasteiger partial charge in [0, 0.05) is 30.1 Å². The number of carbonyl (C=O) groups is 2. The Morgan fingerprint density at radius 2 is 2.04 bits per heavy atom. The number of amides is 2. The first kappa shape index (κ1) is 18.1. The molecule has 1 aliphatic carbocycles. The third kappa shape index (κ3) is 3.61. The number of aromatic nitrogens is 1. The third-order valence-electron chi connectivity index (χ3n) is 5.72. The van der Waals surface area contributed by atoms with Crippen LogP contribution in [0.25, 0.3) is 11.3 Å². The zero-order valence-corrected chi connectivity index (χ0v) is 16.2. The van der Waals surface area contributed by atoms with Gasteiger partial charge in [0.1, 0.15) is 0 Å². The van der Waals surface area contributed by atoms with Crippen LogP contribution < -0.4 is 16.0 Å². The van der Waals surface area contributed by atoms with Crippen LogP contribution in [0.3, 0.4) is 0 Å². The number of hydrogen-bond donors (Lipinski definition) is 3. The summed E-state index contributed by atoms with van der Waals surface area (Å²) in [6, 6.07) is 7.54. The average Bonchev–Trinajstić information content (AvgIpc) is 3.29. The summed E-state index contributed by atoms with van der Waals surface area (Å²) in [7, 11) is 0. The van der Waals surface area contributed by atoms with Crippen molar-refractivity contribution in [1.29, 1.82) is 0 Å². The fourth-order valence-electron chi connectivity index (χ4n) is 4.30. The number of rotatable bonds is 4. The van der Waals surface area contributed by atoms with Gasteiger partial charge in [-0.15, -0.1) is 11.3 Å². The van der Waals surface area contributed by atoms with Crippen molar-refractivity contribution >= 4 is 34.0 Å². The Balaban J connectivity index is 1.46. The maximum absolute atomic E-state index is 13.0. The summed E-state index contributed by atoms with van der Waals surface area (Å²) in [6.07, 6.45) is 4.43. The Kier molecular flexibility index (Phi) is 4.97. The van der Waals surface area contributed by atoms with Gasteiger partial charge in [0.15, 0.2) is 5.13 Å². The van der Waals surface area contributed by atoms with Gasteiger partial charge in [-0.3, -0.25) is 9.59 Å². The molecule has 1 saturated heterocycles. The molecule has 2 aliphatic rings. The Morgan fingerprint density at radius 3 is 2.81 bits per heavy atom. The van der Waals surface area contributed by atoms with E-state index in [1.165, 1.54) is 24.7 Å². The highest BCUT2D eigenvalue weighted by Crippen LogP contribution is 2.44. The molecule has 1 aromatic heterocycles. The van der Waals surface area contributed by atoms with Crippen LogP contribution in [0.1, 0.15) is 32.6 Å². The minimum absolute atomic E-state index is 0.0943. The lowest BCUT2D eigenvalue weighted by Gasteiger charge is -2.36. The lowest BCUT2D eigenvalue weighted by atomic mass is 9.68. The van der Waals surface area contributed by atoms with Crippen LogP contribution in [-0.2, 0) is 9.59 Å². The second kappa shape index (κ2) is 7.40. The molecule has 7 heteroatoms. The summed E-state index contributed by atoms with van der Waals surface area (Å²) >= 11 is 1.45. The maximum atomic E-state index is 13.0. The molecule has 27 heavy (non-hydrogen) atoms. The predicted molar refractivity (Wildman–Crippen MR) is 108 cm³/mol. The van der Waals surface area contributed by atoms with Crippen molar-refractivity contribution in [3.8, 4) is 11.3 Å². The Morgan fingerprint density at radius 1 is 1.22 bits per heavy atom. The first-order chi connectivity index (χ1) is 13.1. The zero-order valence-electron chi connectivity index (χ0n) is 15.4. The van der Waals surface area contributed by atoms with Gasteiger partial charge in [-0.1, -0.05) is 25.0 Å². The van der Waals surface area contributed by atoms with Gasteiger partial charge in [0.05, 0.1) is 11.1 Å². The predicted octanol–water partition coefficient (Wildman–Crippen LogP) is 3.49. The molecule has 2 heterocycles. The SMILES string of the molecule is CC(=O)Nc1ccc(-c2csc(NC(=O)[C@@]34CCCC[C@H]3CNC4)n2)cc1. The van der Waals surface area contributed by atoms with E-state index in [0.717, 1.165) is 49.3 Å². The van der Waals surface area contributed by atoms with E-state index in [0.29, 0.717) is 11.0 Å². The van der Waals surface area contributed by atoms with Crippen molar-refractivity contribution in [2.24, 2.45) is 11.3 Å². The quantitative estimate of drug-likeness (QED) is 0.754. The van der Waals surface area contributed by atoms with Crippen LogP contribution in [0, 0.1) is 11.3 Å². The van der Waals surface area contributed by atoms with Crippen LogP contribution >= 0.6 is 11.3 Å². The molecular formula is C20H24N4O2S. The second-order valence-corrected chi connectivity index (χ2v) is 8.34. The molecule has 6 nitrogen and oxygen atoms in total. The Labute approximate surface area is 162 Å². The number of nitrogens with one attached hydrogen (secondary N) is 3. The summed E-state index contributed by atoms with van der Waals surface area (Å²) in [6.45, 7) is 3.20. The molecule has 0 radical (unpaired) electrons. The lowest BCUT2D eigenvalue weighted by molar-refractivity contribution is -0.128. The van der Waals surface area contributed by atoms with Crippen molar-refractivity contribution < 1.29 is 9.59 Å². The number of thiazole rings is 1. The molecular weight excluding hydrogens is 360 g/mol. The molecule has 2 amide bonds. The first-order valence-corrected chi connectivity index (χ1v) is 10.3. The zero-order chi connectivity index (χ0) is 18.9. The Hall–Kier alpha value is -2.25. The molecule has 2 atom stereocenters. The van der Waals surface area contributed by atoms with E-state index in [1.807, 2.05) is 29.6 Å². The van der Waals surface area contributed by atoms with Crippen molar-refractivity contribution in [3.05, 3.63) is 29.6 Å². The van der Waals surface area contributed by atoms with E-state index in [2.05, 4.69) is 20.9 Å². The lowest BCUT2D eigenvalue weighted by Crippen LogP contribution is -2.44. The highest BCUT2D eigenvalue weighted by atomic mass is 32.1. The fraction of sp³-hybridized carbons (Fsp3) is 0.450. The first-order valence-electron chi connectivity index (χ1n) is 9.42. The molecule has 0 unspecified atom stereocenters. The topological polar surface area (TPSA) is 83.1 Å². The molecule has 0 bridgehead atoms. The number of hydrogen-bond acceptors (Lipinski definition) is 5. The van der Waals surface area contributed by atoms with Crippen molar-refractivity contribution in [2.75, 3.05) is 23.7 Å². The van der Waals surface area contributed by atoms with Gasteiger partial charge in [-0.25, -0.2) is 4.98 Å². The molecule has 4 rings (SSSR count). The minimum atomic E-state index is -0.274. The van der Waals surface area contributed by atoms with Gasteiger partial charge < -0.3 is 16.0 Å². The number of fused-ring (bicyclic) bond motifs is 1. The minimum Gasteiger partial charge on any atom is -0.326 e. The van der Waals surface area contributed by atoms with Crippen LogP contribution in [-0.4, -0.2) is 29.9 Å². The van der Waals surface area contributed by atoms with E-state index in [9.17, 15) is 9.59 Å². The van der Waals surface area contributed by atoms with E-state index in [4.69, 9.17) is 0 Å². The molecule has 2 fully saturated rings. The molecule has 1 aromatic carbocycles. The van der Waals surface area contributed by atoms with Gasteiger partial charge in [-0.05, 0) is 37.4 Å². The van der Waals surface area contributed by atoms with Gasteiger partial charge in [0.2, 0.25) is 11.8 Å². The summed E-state index contributed by atoms with van der Waals surface area (Å²) in [5.74, 6) is 0.453. The standard InChI is InChI=1S/C20H24N4O2S/c1-13(25)22-16-7-5-14(6-8-16)17-11-27-19(23-17)24-18(26)20-9-3-2-4-15(20)10-21-12-20/h5-8,11,15,21H,2-4,9-10,12H2,1H3,(H,22,25)(H,23,24,26)/t15-,20+/m0/s1. The van der Waals surface area contributed by atoms with Gasteiger partial charge >= 0.3 is 0 Å². The fourth-order valence-corrected chi connectivity index (χ4v) is 5.02. The number of nitrogens with zero attached hydrogens (tertiary/aromatic N) is 1. The number of benzene rings is 1. The van der Waals surface area contributed by atoms with Gasteiger partial charge in [0.25, 0.3) is 0 Å². The van der Waals surface area contributed by atoms with Crippen LogP contribution in [0.4, 0.5) is 10.8 Å². The average molecular weight is 385 g/mol. The second-order valence-electron chi connectivity index (χ2n) is 7.48. The van der Waals surface area contributed by atoms with Crippen LogP contribution in [0.15, 0.2) is 29.6 Å². The van der Waals surface area contributed by atoms with Gasteiger partial charge in [-0.2, -0.15) is 0 Å². The highest BCUT2D eigenvalue weighted by Gasteiger charge is 2.49. The summed E-state index contributed by atoms with van der Waals surface area (Å²) in [5.41, 5.74) is 2.26. The van der Waals surface area contributed by atoms with E-state index < -0.39 is 0 Å². The molecule has 2 aromatic rings. The molecule has 1 aliphatic heterocycles. The molecule has 3 N–H and O–H groups in total. The largest absolute Gasteiger partial charge is 0.326 e. The number of anilines is 2. The maximum Gasteiger partial charge on any atom is 0.233 e. The normalized spacial score (nSPS) is 24.3. The van der Waals surface area contributed by atoms with Crippen LogP contribution in [0.5, 0.6) is 0 Å². The highest BCUT2D eigenvalue weighted by molar-refractivity contribution is 7.14. The van der Waals surface area contributed by atoms with E-state index in [-0.39, 0.29) is 17.2 Å². The summed E-state index contributed by atoms with van der Waals surface area (Å²) in [5, 5.41) is 11.8. The third-order valence-corrected chi connectivity index (χ3v) is 6.47.